The summed E-state index contributed by atoms with van der Waals surface area (Å²) in [6.07, 6.45) is 14.9. The topological polar surface area (TPSA) is 17.1 Å². The molecular formula is C18H34OS. The van der Waals surface area contributed by atoms with Gasteiger partial charge in [-0.25, -0.2) is 0 Å². The monoisotopic (exact) mass is 298 g/mol. The van der Waals surface area contributed by atoms with Crippen LogP contribution >= 0.6 is 11.8 Å². The second-order valence-corrected chi connectivity index (χ2v) is 6.64. The number of hydrogen-bond donors (Lipinski definition) is 0. The predicted molar refractivity (Wildman–Crippen MR) is 93.4 cm³/mol. The van der Waals surface area contributed by atoms with Crippen LogP contribution in [0, 0.1) is 0 Å². The van der Waals surface area contributed by atoms with Crippen LogP contribution in [0.4, 0.5) is 0 Å². The Morgan fingerprint density at radius 2 is 1.45 bits per heavy atom. The molecule has 0 aromatic carbocycles. The van der Waals surface area contributed by atoms with Crippen LogP contribution in [-0.4, -0.2) is 11.5 Å². The molecule has 0 rings (SSSR count). The van der Waals surface area contributed by atoms with Gasteiger partial charge in [-0.3, -0.25) is 4.79 Å². The lowest BCUT2D eigenvalue weighted by Gasteiger charge is -2.07. The van der Waals surface area contributed by atoms with E-state index in [2.05, 4.69) is 26.8 Å². The van der Waals surface area contributed by atoms with Crippen LogP contribution in [-0.2, 0) is 4.79 Å². The smallest absolute Gasteiger partial charge is 0.168 e. The largest absolute Gasteiger partial charge is 0.294 e. The van der Waals surface area contributed by atoms with E-state index in [4.69, 9.17) is 0 Å². The third-order valence-electron chi connectivity index (χ3n) is 3.43. The molecule has 0 spiro atoms. The minimum Gasteiger partial charge on any atom is -0.294 e. The standard InChI is InChI=1S/C18H34OS/c1-4-7-10-12-15-18(20-16-13-9-6-3)17(19)14-11-8-5-2/h15H,4-14,16H2,1-3H3/b18-15+. The van der Waals surface area contributed by atoms with Gasteiger partial charge in [0.25, 0.3) is 0 Å². The summed E-state index contributed by atoms with van der Waals surface area (Å²) in [7, 11) is 0. The van der Waals surface area contributed by atoms with Crippen LogP contribution in [0.2, 0.25) is 0 Å². The van der Waals surface area contributed by atoms with Crippen LogP contribution in [0.1, 0.15) is 91.4 Å². The van der Waals surface area contributed by atoms with E-state index in [9.17, 15) is 4.79 Å². The third-order valence-corrected chi connectivity index (χ3v) is 4.62. The van der Waals surface area contributed by atoms with E-state index in [-0.39, 0.29) is 0 Å². The summed E-state index contributed by atoms with van der Waals surface area (Å²) in [6.45, 7) is 6.63. The molecule has 0 amide bonds. The molecule has 0 aliphatic heterocycles. The van der Waals surface area contributed by atoms with E-state index in [0.717, 1.165) is 29.9 Å². The molecule has 0 unspecified atom stereocenters. The van der Waals surface area contributed by atoms with E-state index in [1.807, 2.05) is 0 Å². The van der Waals surface area contributed by atoms with Crippen molar-refractivity contribution in [3.63, 3.8) is 0 Å². The molecule has 118 valence electrons. The number of carbonyl (C=O) groups is 1. The molecule has 0 aromatic heterocycles. The molecule has 0 aliphatic rings. The highest BCUT2D eigenvalue weighted by Gasteiger charge is 2.09. The van der Waals surface area contributed by atoms with Gasteiger partial charge in [-0.05, 0) is 31.4 Å². The van der Waals surface area contributed by atoms with Crippen LogP contribution in [0.15, 0.2) is 11.0 Å². The van der Waals surface area contributed by atoms with Gasteiger partial charge in [0.05, 0.1) is 0 Å². The van der Waals surface area contributed by atoms with Crippen molar-refractivity contribution in [1.29, 1.82) is 0 Å². The summed E-state index contributed by atoms with van der Waals surface area (Å²) in [5, 5.41) is 0. The van der Waals surface area contributed by atoms with Crippen LogP contribution in [0.5, 0.6) is 0 Å². The number of Topliss-reactive ketones (excluding diaryl/α,β-unsaturated/α-hetero) is 1. The highest BCUT2D eigenvalue weighted by Crippen LogP contribution is 2.22. The van der Waals surface area contributed by atoms with Crippen LogP contribution in [0.3, 0.4) is 0 Å². The molecule has 1 nitrogen and oxygen atoms in total. The van der Waals surface area contributed by atoms with Gasteiger partial charge in [-0.2, -0.15) is 0 Å². The van der Waals surface area contributed by atoms with E-state index in [0.29, 0.717) is 5.78 Å². The van der Waals surface area contributed by atoms with Gasteiger partial charge >= 0.3 is 0 Å². The average molecular weight is 299 g/mol. The van der Waals surface area contributed by atoms with Crippen molar-refractivity contribution < 1.29 is 4.79 Å². The Kier molecular flexibility index (Phi) is 15.0. The number of ketones is 1. The molecule has 0 aromatic rings. The van der Waals surface area contributed by atoms with E-state index < -0.39 is 0 Å². The lowest BCUT2D eigenvalue weighted by Crippen LogP contribution is -2.01. The van der Waals surface area contributed by atoms with Crippen molar-refractivity contribution in [2.75, 3.05) is 5.75 Å². The second kappa shape index (κ2) is 15.2. The quantitative estimate of drug-likeness (QED) is 0.268. The van der Waals surface area contributed by atoms with Gasteiger partial charge in [0.1, 0.15) is 0 Å². The number of unbranched alkanes of at least 4 members (excludes halogenated alkanes) is 7. The fourth-order valence-electron chi connectivity index (χ4n) is 2.07. The average Bonchev–Trinajstić information content (AvgIpc) is 2.45. The molecular weight excluding hydrogens is 264 g/mol. The summed E-state index contributed by atoms with van der Waals surface area (Å²) in [5.41, 5.74) is 0. The molecule has 0 bridgehead atoms. The molecule has 0 saturated carbocycles. The van der Waals surface area contributed by atoms with Crippen molar-refractivity contribution >= 4 is 17.5 Å². The van der Waals surface area contributed by atoms with Crippen molar-refractivity contribution in [2.45, 2.75) is 91.4 Å². The number of carbonyl (C=O) groups excluding carboxylic acids is 1. The molecule has 0 saturated heterocycles. The normalized spacial score (nSPS) is 11.8. The molecule has 0 fully saturated rings. The Bertz CT molecular complexity index is 258. The first-order chi connectivity index (χ1) is 9.76. The van der Waals surface area contributed by atoms with E-state index in [1.165, 1.54) is 51.4 Å². The molecule has 0 N–H and O–H groups in total. The maximum Gasteiger partial charge on any atom is 0.168 e. The number of hydrogen-bond acceptors (Lipinski definition) is 2. The SMILES string of the molecule is CCCCC/C=C(/SCCCCC)C(=O)CCCCC. The first-order valence-corrected chi connectivity index (χ1v) is 9.60. The molecule has 20 heavy (non-hydrogen) atoms. The zero-order valence-electron chi connectivity index (χ0n) is 13.9. The van der Waals surface area contributed by atoms with Crippen molar-refractivity contribution in [3.05, 3.63) is 11.0 Å². The first-order valence-electron chi connectivity index (χ1n) is 8.62. The Balaban J connectivity index is 4.17. The summed E-state index contributed by atoms with van der Waals surface area (Å²) in [5.74, 6) is 1.49. The predicted octanol–water partition coefficient (Wildman–Crippen LogP) is 6.52. The Hall–Kier alpha value is -0.240. The Morgan fingerprint density at radius 3 is 2.10 bits per heavy atom. The minimum atomic E-state index is 0.386. The molecule has 0 heterocycles. The van der Waals surface area contributed by atoms with Gasteiger partial charge in [-0.1, -0.05) is 65.4 Å². The van der Waals surface area contributed by atoms with Gasteiger partial charge in [0.2, 0.25) is 0 Å². The van der Waals surface area contributed by atoms with Gasteiger partial charge in [0, 0.05) is 11.3 Å². The highest BCUT2D eigenvalue weighted by atomic mass is 32.2. The van der Waals surface area contributed by atoms with Crippen molar-refractivity contribution in [1.82, 2.24) is 0 Å². The van der Waals surface area contributed by atoms with Gasteiger partial charge < -0.3 is 0 Å². The number of rotatable bonds is 14. The molecule has 0 radical (unpaired) electrons. The minimum absolute atomic E-state index is 0.386. The molecule has 2 heteroatoms. The maximum absolute atomic E-state index is 12.3. The molecule has 0 atom stereocenters. The zero-order chi connectivity index (χ0) is 15.1. The summed E-state index contributed by atoms with van der Waals surface area (Å²) in [4.78, 5) is 13.3. The summed E-state index contributed by atoms with van der Waals surface area (Å²) >= 11 is 1.80. The third kappa shape index (κ3) is 11.6. The fourth-order valence-corrected chi connectivity index (χ4v) is 3.14. The van der Waals surface area contributed by atoms with Gasteiger partial charge in [-0.15, -0.1) is 11.8 Å². The highest BCUT2D eigenvalue weighted by molar-refractivity contribution is 8.04. The van der Waals surface area contributed by atoms with E-state index >= 15 is 0 Å². The second-order valence-electron chi connectivity index (χ2n) is 5.50. The lowest BCUT2D eigenvalue weighted by atomic mass is 10.1. The maximum atomic E-state index is 12.3. The fraction of sp³-hybridized carbons (Fsp3) is 0.833. The van der Waals surface area contributed by atoms with E-state index in [1.54, 1.807) is 11.8 Å². The summed E-state index contributed by atoms with van der Waals surface area (Å²) < 4.78 is 0. The zero-order valence-corrected chi connectivity index (χ0v) is 14.7. The Morgan fingerprint density at radius 1 is 0.850 bits per heavy atom. The Labute approximate surface area is 131 Å². The van der Waals surface area contributed by atoms with Crippen molar-refractivity contribution in [3.8, 4) is 0 Å². The van der Waals surface area contributed by atoms with Gasteiger partial charge in [0.15, 0.2) is 5.78 Å². The summed E-state index contributed by atoms with van der Waals surface area (Å²) in [6, 6.07) is 0. The van der Waals surface area contributed by atoms with Crippen LogP contribution < -0.4 is 0 Å². The first kappa shape index (κ1) is 19.8. The van der Waals surface area contributed by atoms with Crippen LogP contribution in [0.25, 0.3) is 0 Å². The lowest BCUT2D eigenvalue weighted by molar-refractivity contribution is -0.115. The molecule has 0 aliphatic carbocycles. The number of allylic oxidation sites excluding steroid dienone is 2. The van der Waals surface area contributed by atoms with Crippen molar-refractivity contribution in [2.24, 2.45) is 0 Å². The number of thioether (sulfide) groups is 1.